The van der Waals surface area contributed by atoms with Crippen LogP contribution in [0.1, 0.15) is 15.9 Å². The number of nitro benzene ring substituents is 1. The van der Waals surface area contributed by atoms with Crippen LogP contribution >= 0.6 is 0 Å². The van der Waals surface area contributed by atoms with Gasteiger partial charge in [0.05, 0.1) is 30.2 Å². The molecule has 0 aliphatic heterocycles. The largest absolute Gasteiger partial charge is 0.493 e. The van der Waals surface area contributed by atoms with Crippen molar-refractivity contribution in [3.63, 3.8) is 0 Å². The SMILES string of the molecule is COc1ccc([N+](=O)[O-])cc1OC(=O)c1ccc(Cn2cccn2)cc1. The van der Waals surface area contributed by atoms with E-state index in [0.29, 0.717) is 12.1 Å². The van der Waals surface area contributed by atoms with Crippen molar-refractivity contribution >= 4 is 11.7 Å². The number of nitro groups is 1. The molecule has 1 heterocycles. The summed E-state index contributed by atoms with van der Waals surface area (Å²) in [5, 5.41) is 15.0. The van der Waals surface area contributed by atoms with E-state index in [0.717, 1.165) is 11.6 Å². The van der Waals surface area contributed by atoms with Crippen LogP contribution < -0.4 is 9.47 Å². The number of nitrogens with zero attached hydrogens (tertiary/aromatic N) is 3. The zero-order valence-electron chi connectivity index (χ0n) is 13.9. The molecule has 0 spiro atoms. The minimum absolute atomic E-state index is 0.00711. The number of aromatic nitrogens is 2. The molecule has 26 heavy (non-hydrogen) atoms. The van der Waals surface area contributed by atoms with E-state index in [-0.39, 0.29) is 17.2 Å². The summed E-state index contributed by atoms with van der Waals surface area (Å²) < 4.78 is 12.1. The molecule has 3 rings (SSSR count). The summed E-state index contributed by atoms with van der Waals surface area (Å²) >= 11 is 0. The van der Waals surface area contributed by atoms with Crippen LogP contribution in [0, 0.1) is 10.1 Å². The molecule has 1 aromatic heterocycles. The summed E-state index contributed by atoms with van der Waals surface area (Å²) in [6, 6.07) is 12.5. The summed E-state index contributed by atoms with van der Waals surface area (Å²) in [6.45, 7) is 0.584. The Bertz CT molecular complexity index is 921. The smallest absolute Gasteiger partial charge is 0.343 e. The fraction of sp³-hybridized carbons (Fsp3) is 0.111. The molecule has 8 nitrogen and oxygen atoms in total. The van der Waals surface area contributed by atoms with Crippen LogP contribution in [0.25, 0.3) is 0 Å². The number of benzene rings is 2. The van der Waals surface area contributed by atoms with Gasteiger partial charge in [-0.05, 0) is 29.8 Å². The molecule has 3 aromatic rings. The fourth-order valence-electron chi connectivity index (χ4n) is 2.34. The monoisotopic (exact) mass is 353 g/mol. The van der Waals surface area contributed by atoms with Gasteiger partial charge in [-0.3, -0.25) is 14.8 Å². The van der Waals surface area contributed by atoms with Crippen LogP contribution in [0.5, 0.6) is 11.5 Å². The Morgan fingerprint density at radius 3 is 2.58 bits per heavy atom. The summed E-state index contributed by atoms with van der Waals surface area (Å²) in [7, 11) is 1.39. The number of rotatable bonds is 6. The maximum absolute atomic E-state index is 12.3. The van der Waals surface area contributed by atoms with Gasteiger partial charge in [0.1, 0.15) is 0 Å². The van der Waals surface area contributed by atoms with Gasteiger partial charge in [0, 0.05) is 18.5 Å². The first-order valence-electron chi connectivity index (χ1n) is 7.68. The van der Waals surface area contributed by atoms with Gasteiger partial charge in [0.25, 0.3) is 5.69 Å². The van der Waals surface area contributed by atoms with Crippen LogP contribution in [0.15, 0.2) is 60.9 Å². The van der Waals surface area contributed by atoms with E-state index in [9.17, 15) is 14.9 Å². The molecule has 0 atom stereocenters. The number of hydrogen-bond acceptors (Lipinski definition) is 6. The van der Waals surface area contributed by atoms with Gasteiger partial charge in [-0.2, -0.15) is 5.10 Å². The quantitative estimate of drug-likeness (QED) is 0.292. The van der Waals surface area contributed by atoms with Crippen LogP contribution in [0.4, 0.5) is 5.69 Å². The highest BCUT2D eigenvalue weighted by atomic mass is 16.6. The Hall–Kier alpha value is -3.68. The summed E-state index contributed by atoms with van der Waals surface area (Å²) in [5.41, 5.74) is 1.10. The molecular weight excluding hydrogens is 338 g/mol. The molecule has 0 saturated heterocycles. The zero-order valence-corrected chi connectivity index (χ0v) is 13.9. The number of methoxy groups -OCH3 is 1. The van der Waals surface area contributed by atoms with Gasteiger partial charge >= 0.3 is 5.97 Å². The van der Waals surface area contributed by atoms with E-state index < -0.39 is 10.9 Å². The second-order valence-corrected chi connectivity index (χ2v) is 5.38. The fourth-order valence-corrected chi connectivity index (χ4v) is 2.34. The Balaban J connectivity index is 1.75. The van der Waals surface area contributed by atoms with Gasteiger partial charge in [0.15, 0.2) is 11.5 Å². The second-order valence-electron chi connectivity index (χ2n) is 5.38. The Morgan fingerprint density at radius 2 is 1.96 bits per heavy atom. The van der Waals surface area contributed by atoms with Crippen molar-refractivity contribution in [2.24, 2.45) is 0 Å². The van der Waals surface area contributed by atoms with Gasteiger partial charge in [-0.15, -0.1) is 0 Å². The molecule has 0 aliphatic rings. The lowest BCUT2D eigenvalue weighted by Gasteiger charge is -2.09. The Morgan fingerprint density at radius 1 is 1.19 bits per heavy atom. The van der Waals surface area contributed by atoms with Crippen LogP contribution in [0.2, 0.25) is 0 Å². The van der Waals surface area contributed by atoms with Crippen LogP contribution in [-0.4, -0.2) is 27.8 Å². The van der Waals surface area contributed by atoms with E-state index in [2.05, 4.69) is 5.10 Å². The molecule has 0 amide bonds. The molecule has 8 heteroatoms. The highest BCUT2D eigenvalue weighted by Crippen LogP contribution is 2.31. The lowest BCUT2D eigenvalue weighted by Crippen LogP contribution is -2.10. The molecule has 0 unspecified atom stereocenters. The lowest BCUT2D eigenvalue weighted by atomic mass is 10.1. The Labute approximate surface area is 148 Å². The molecule has 132 valence electrons. The van der Waals surface area contributed by atoms with E-state index in [4.69, 9.17) is 9.47 Å². The van der Waals surface area contributed by atoms with Gasteiger partial charge in [-0.1, -0.05) is 12.1 Å². The standard InChI is InChI=1S/C18H15N3O5/c1-25-16-8-7-15(21(23)24)11-17(16)26-18(22)14-5-3-13(4-6-14)12-20-10-2-9-19-20/h2-11H,12H2,1H3. The molecule has 0 fully saturated rings. The lowest BCUT2D eigenvalue weighted by molar-refractivity contribution is -0.384. The van der Waals surface area contributed by atoms with Crippen molar-refractivity contribution in [1.29, 1.82) is 0 Å². The predicted molar refractivity (Wildman–Crippen MR) is 92.4 cm³/mol. The average Bonchev–Trinajstić information content (AvgIpc) is 3.15. The normalized spacial score (nSPS) is 10.3. The number of carbonyl (C=O) groups is 1. The predicted octanol–water partition coefficient (Wildman–Crippen LogP) is 3.07. The number of ether oxygens (including phenoxy) is 2. The van der Waals surface area contributed by atoms with Crippen molar-refractivity contribution in [1.82, 2.24) is 9.78 Å². The van der Waals surface area contributed by atoms with Crippen molar-refractivity contribution in [3.05, 3.63) is 82.2 Å². The molecule has 0 aliphatic carbocycles. The minimum Gasteiger partial charge on any atom is -0.493 e. The molecular formula is C18H15N3O5. The first-order valence-corrected chi connectivity index (χ1v) is 7.68. The number of non-ortho nitro benzene ring substituents is 1. The Kier molecular flexibility index (Phi) is 4.93. The van der Waals surface area contributed by atoms with Crippen LogP contribution in [0.3, 0.4) is 0 Å². The van der Waals surface area contributed by atoms with Gasteiger partial charge < -0.3 is 9.47 Å². The highest BCUT2D eigenvalue weighted by Gasteiger charge is 2.16. The second kappa shape index (κ2) is 7.47. The third-order valence-electron chi connectivity index (χ3n) is 3.65. The first kappa shape index (κ1) is 17.2. The zero-order chi connectivity index (χ0) is 18.5. The summed E-state index contributed by atoms with van der Waals surface area (Å²) in [5.74, 6) is -0.402. The molecule has 0 N–H and O–H groups in total. The number of esters is 1. The first-order chi connectivity index (χ1) is 12.6. The van der Waals surface area contributed by atoms with Crippen LogP contribution in [-0.2, 0) is 6.54 Å². The maximum Gasteiger partial charge on any atom is 0.343 e. The third kappa shape index (κ3) is 3.86. The van der Waals surface area contributed by atoms with E-state index in [1.165, 1.54) is 19.2 Å². The highest BCUT2D eigenvalue weighted by molar-refractivity contribution is 5.91. The topological polar surface area (TPSA) is 96.5 Å². The van der Waals surface area contributed by atoms with E-state index in [1.54, 1.807) is 35.1 Å². The van der Waals surface area contributed by atoms with Crippen molar-refractivity contribution < 1.29 is 19.2 Å². The summed E-state index contributed by atoms with van der Waals surface area (Å²) in [4.78, 5) is 22.7. The molecule has 0 radical (unpaired) electrons. The van der Waals surface area contributed by atoms with Crippen molar-refractivity contribution in [2.75, 3.05) is 7.11 Å². The van der Waals surface area contributed by atoms with E-state index in [1.807, 2.05) is 12.3 Å². The van der Waals surface area contributed by atoms with Crippen molar-refractivity contribution in [3.8, 4) is 11.5 Å². The summed E-state index contributed by atoms with van der Waals surface area (Å²) in [6.07, 6.45) is 3.54. The maximum atomic E-state index is 12.3. The molecule has 2 aromatic carbocycles. The number of hydrogen-bond donors (Lipinski definition) is 0. The van der Waals surface area contributed by atoms with E-state index >= 15 is 0 Å². The molecule has 0 saturated carbocycles. The average molecular weight is 353 g/mol. The minimum atomic E-state index is -0.630. The number of carbonyl (C=O) groups excluding carboxylic acids is 1. The third-order valence-corrected chi connectivity index (χ3v) is 3.65. The molecule has 0 bridgehead atoms. The van der Waals surface area contributed by atoms with Gasteiger partial charge in [0.2, 0.25) is 0 Å². The van der Waals surface area contributed by atoms with Crippen molar-refractivity contribution in [2.45, 2.75) is 6.54 Å². The van der Waals surface area contributed by atoms with Gasteiger partial charge in [-0.25, -0.2) is 4.79 Å².